The number of benzene rings is 1. The van der Waals surface area contributed by atoms with E-state index in [0.29, 0.717) is 17.9 Å². The normalized spacial score (nSPS) is 21.6. The van der Waals surface area contributed by atoms with Gasteiger partial charge in [0.1, 0.15) is 0 Å². The van der Waals surface area contributed by atoms with E-state index in [9.17, 15) is 0 Å². The number of aromatic nitrogens is 2. The number of aliphatic imine (C=N–C) groups is 1. The highest BCUT2D eigenvalue weighted by Crippen LogP contribution is 2.43. The summed E-state index contributed by atoms with van der Waals surface area (Å²) in [5.41, 5.74) is 8.17. The third-order valence-electron chi connectivity index (χ3n) is 3.55. The average Bonchev–Trinajstić information content (AvgIpc) is 3.02. The highest BCUT2D eigenvalue weighted by molar-refractivity contribution is 5.78. The van der Waals surface area contributed by atoms with Crippen LogP contribution in [0.15, 0.2) is 47.7 Å². The van der Waals surface area contributed by atoms with Crippen molar-refractivity contribution in [3.05, 3.63) is 48.3 Å². The van der Waals surface area contributed by atoms with Crippen LogP contribution in [0.25, 0.3) is 5.69 Å². The van der Waals surface area contributed by atoms with Gasteiger partial charge in [-0.05, 0) is 38.0 Å². The van der Waals surface area contributed by atoms with Gasteiger partial charge in [-0.1, -0.05) is 18.2 Å². The van der Waals surface area contributed by atoms with Crippen LogP contribution < -0.4 is 11.1 Å². The number of para-hydroxylation sites is 1. The Morgan fingerprint density at radius 3 is 2.86 bits per heavy atom. The van der Waals surface area contributed by atoms with Crippen molar-refractivity contribution in [3.63, 3.8) is 0 Å². The molecule has 3 rings (SSSR count). The minimum Gasteiger partial charge on any atom is -0.370 e. The molecule has 21 heavy (non-hydrogen) atoms. The largest absolute Gasteiger partial charge is 0.370 e. The Morgan fingerprint density at radius 1 is 1.38 bits per heavy atom. The number of guanidine groups is 1. The Labute approximate surface area is 124 Å². The molecule has 5 heteroatoms. The molecule has 2 atom stereocenters. The smallest absolute Gasteiger partial charge is 0.189 e. The van der Waals surface area contributed by atoms with Gasteiger partial charge in [0.25, 0.3) is 0 Å². The van der Waals surface area contributed by atoms with Gasteiger partial charge in [0.2, 0.25) is 0 Å². The van der Waals surface area contributed by atoms with Gasteiger partial charge in [-0.25, -0.2) is 9.67 Å². The molecule has 0 aliphatic heterocycles. The fraction of sp³-hybridized carbons (Fsp3) is 0.375. The summed E-state index contributed by atoms with van der Waals surface area (Å²) in [4.78, 5) is 4.51. The molecule has 1 saturated carbocycles. The maximum absolute atomic E-state index is 5.87. The van der Waals surface area contributed by atoms with E-state index in [4.69, 9.17) is 5.73 Å². The molecular formula is C16H21N5. The number of nitrogens with zero attached hydrogens (tertiary/aromatic N) is 3. The molecule has 1 fully saturated rings. The lowest BCUT2D eigenvalue weighted by molar-refractivity contribution is 0.722. The minimum absolute atomic E-state index is 0.282. The van der Waals surface area contributed by atoms with Gasteiger partial charge >= 0.3 is 0 Å². The summed E-state index contributed by atoms with van der Waals surface area (Å²) < 4.78 is 1.91. The van der Waals surface area contributed by atoms with Crippen LogP contribution in [-0.4, -0.2) is 27.8 Å². The summed E-state index contributed by atoms with van der Waals surface area (Å²) in [5.74, 6) is 0.975. The molecule has 1 aliphatic carbocycles. The molecule has 3 N–H and O–H groups in total. The molecule has 5 nitrogen and oxygen atoms in total. The zero-order valence-corrected chi connectivity index (χ0v) is 12.4. The molecular weight excluding hydrogens is 262 g/mol. The predicted molar refractivity (Wildman–Crippen MR) is 84.6 cm³/mol. The van der Waals surface area contributed by atoms with Crippen molar-refractivity contribution in [2.45, 2.75) is 38.3 Å². The van der Waals surface area contributed by atoms with Crippen LogP contribution in [-0.2, 0) is 0 Å². The molecule has 1 aromatic heterocycles. The van der Waals surface area contributed by atoms with Gasteiger partial charge in [0, 0.05) is 18.2 Å². The third-order valence-corrected chi connectivity index (χ3v) is 3.55. The Kier molecular flexibility index (Phi) is 3.64. The molecule has 0 radical (unpaired) electrons. The molecule has 0 bridgehead atoms. The summed E-state index contributed by atoms with van der Waals surface area (Å²) in [7, 11) is 0. The van der Waals surface area contributed by atoms with Crippen LogP contribution in [0, 0.1) is 0 Å². The summed E-state index contributed by atoms with van der Waals surface area (Å²) in [5, 5.41) is 7.56. The van der Waals surface area contributed by atoms with Gasteiger partial charge in [-0.3, -0.25) is 0 Å². The number of rotatable bonds is 4. The van der Waals surface area contributed by atoms with E-state index in [0.717, 1.165) is 12.1 Å². The first kappa shape index (κ1) is 13.7. The molecule has 110 valence electrons. The van der Waals surface area contributed by atoms with E-state index in [-0.39, 0.29) is 6.04 Å². The number of hydrogen-bond acceptors (Lipinski definition) is 2. The van der Waals surface area contributed by atoms with Crippen molar-refractivity contribution in [1.82, 2.24) is 15.1 Å². The molecule has 0 amide bonds. The van der Waals surface area contributed by atoms with Crippen LogP contribution in [0.1, 0.15) is 31.7 Å². The molecule has 0 unspecified atom stereocenters. The summed E-state index contributed by atoms with van der Waals surface area (Å²) in [6.45, 7) is 4.10. The maximum atomic E-state index is 5.87. The van der Waals surface area contributed by atoms with Crippen molar-refractivity contribution >= 4 is 5.96 Å². The second-order valence-corrected chi connectivity index (χ2v) is 5.78. The van der Waals surface area contributed by atoms with Crippen LogP contribution in [0.4, 0.5) is 0 Å². The molecule has 0 saturated heterocycles. The third kappa shape index (κ3) is 3.24. The molecule has 2 aromatic rings. The predicted octanol–water partition coefficient (Wildman–Crippen LogP) is 2.04. The van der Waals surface area contributed by atoms with E-state index in [1.165, 1.54) is 5.56 Å². The zero-order valence-electron chi connectivity index (χ0n) is 12.4. The van der Waals surface area contributed by atoms with Gasteiger partial charge in [0.05, 0.1) is 17.9 Å². The lowest BCUT2D eigenvalue weighted by Gasteiger charge is -2.07. The first-order valence-corrected chi connectivity index (χ1v) is 7.33. The summed E-state index contributed by atoms with van der Waals surface area (Å²) in [6, 6.07) is 10.7. The van der Waals surface area contributed by atoms with Gasteiger partial charge in [0.15, 0.2) is 5.96 Å². The number of nitrogens with one attached hydrogen (secondary N) is 1. The standard InChI is InChI=1S/C16H21N5/c1-11(2)19-16(17)20-15-8-14(15)12-9-18-21(10-12)13-6-4-3-5-7-13/h3-7,9-11,14-15H,8H2,1-2H3,(H3,17,19,20)/t14-,15+/m0/s1. The van der Waals surface area contributed by atoms with E-state index in [1.54, 1.807) is 0 Å². The average molecular weight is 283 g/mol. The minimum atomic E-state index is 0.282. The topological polar surface area (TPSA) is 68.2 Å². The monoisotopic (exact) mass is 283 g/mol. The van der Waals surface area contributed by atoms with E-state index in [1.807, 2.05) is 41.2 Å². The molecule has 1 aliphatic rings. The van der Waals surface area contributed by atoms with Crippen molar-refractivity contribution in [1.29, 1.82) is 0 Å². The second-order valence-electron chi connectivity index (χ2n) is 5.78. The second kappa shape index (κ2) is 5.60. The number of hydrogen-bond donors (Lipinski definition) is 2. The van der Waals surface area contributed by atoms with Crippen LogP contribution in [0.3, 0.4) is 0 Å². The lowest BCUT2D eigenvalue weighted by atomic mass is 10.2. The Hall–Kier alpha value is -2.30. The summed E-state index contributed by atoms with van der Waals surface area (Å²) in [6.07, 6.45) is 5.06. The Morgan fingerprint density at radius 2 is 2.14 bits per heavy atom. The first-order valence-electron chi connectivity index (χ1n) is 7.33. The Bertz CT molecular complexity index is 629. The maximum Gasteiger partial charge on any atom is 0.189 e. The van der Waals surface area contributed by atoms with E-state index < -0.39 is 0 Å². The van der Waals surface area contributed by atoms with Gasteiger partial charge in [-0.15, -0.1) is 0 Å². The number of nitrogens with two attached hydrogens (primary N) is 1. The van der Waals surface area contributed by atoms with E-state index >= 15 is 0 Å². The van der Waals surface area contributed by atoms with Crippen LogP contribution >= 0.6 is 0 Å². The highest BCUT2D eigenvalue weighted by atomic mass is 15.3. The summed E-state index contributed by atoms with van der Waals surface area (Å²) >= 11 is 0. The van der Waals surface area contributed by atoms with Gasteiger partial charge in [-0.2, -0.15) is 5.10 Å². The SMILES string of the molecule is CC(C)NC(N)=N[C@@H]1C[C@H]1c1cnn(-c2ccccc2)c1. The van der Waals surface area contributed by atoms with Crippen molar-refractivity contribution in [3.8, 4) is 5.69 Å². The fourth-order valence-electron chi connectivity index (χ4n) is 2.44. The van der Waals surface area contributed by atoms with E-state index in [2.05, 4.69) is 35.5 Å². The van der Waals surface area contributed by atoms with Crippen molar-refractivity contribution in [2.75, 3.05) is 0 Å². The van der Waals surface area contributed by atoms with Crippen LogP contribution in [0.5, 0.6) is 0 Å². The molecule has 0 spiro atoms. The van der Waals surface area contributed by atoms with Gasteiger partial charge < -0.3 is 11.1 Å². The molecule has 1 heterocycles. The first-order chi connectivity index (χ1) is 10.1. The highest BCUT2D eigenvalue weighted by Gasteiger charge is 2.39. The quantitative estimate of drug-likeness (QED) is 0.666. The fourth-order valence-corrected chi connectivity index (χ4v) is 2.44. The van der Waals surface area contributed by atoms with Crippen molar-refractivity contribution in [2.24, 2.45) is 10.7 Å². The zero-order chi connectivity index (χ0) is 14.8. The Balaban J connectivity index is 1.67. The van der Waals surface area contributed by atoms with Crippen molar-refractivity contribution < 1.29 is 0 Å². The molecule has 1 aromatic carbocycles. The lowest BCUT2D eigenvalue weighted by Crippen LogP contribution is -2.37. The van der Waals surface area contributed by atoms with Crippen LogP contribution in [0.2, 0.25) is 0 Å².